The molecule has 0 bridgehead atoms. The van der Waals surface area contributed by atoms with Crippen molar-refractivity contribution in [2.24, 2.45) is 5.41 Å². The number of halogens is 1. The van der Waals surface area contributed by atoms with Crippen LogP contribution in [0.4, 0.5) is 0 Å². The lowest BCUT2D eigenvalue weighted by molar-refractivity contribution is 0.0948. The van der Waals surface area contributed by atoms with Crippen LogP contribution in [0.1, 0.15) is 56.7 Å². The van der Waals surface area contributed by atoms with E-state index in [1.54, 1.807) is 43.9 Å². The normalized spacial score (nSPS) is 18.5. The first-order chi connectivity index (χ1) is 17.0. The lowest BCUT2D eigenvalue weighted by atomic mass is 10.1. The Bertz CT molecular complexity index is 1320. The van der Waals surface area contributed by atoms with Crippen LogP contribution in [0, 0.1) is 5.41 Å². The van der Waals surface area contributed by atoms with Crippen LogP contribution in [-0.2, 0) is 20.3 Å². The summed E-state index contributed by atoms with van der Waals surface area (Å²) in [5, 5.41) is 8.15. The highest BCUT2D eigenvalue weighted by atomic mass is 35.5. The number of ether oxygens (including phenoxy) is 3. The second-order valence-corrected chi connectivity index (χ2v) is 12.3. The van der Waals surface area contributed by atoms with Crippen LogP contribution in [-0.4, -0.2) is 59.7 Å². The summed E-state index contributed by atoms with van der Waals surface area (Å²) >= 11 is 5.89. The molecule has 2 aromatic heterocycles. The fourth-order valence-electron chi connectivity index (χ4n) is 4.33. The molecule has 194 valence electrons. The van der Waals surface area contributed by atoms with Gasteiger partial charge < -0.3 is 14.2 Å². The molecule has 36 heavy (non-hydrogen) atoms. The second kappa shape index (κ2) is 9.95. The number of methoxy groups -OCH3 is 3. The molecule has 12 heteroatoms. The smallest absolute Gasteiger partial charge is 0.163 e. The Morgan fingerprint density at radius 1 is 1.11 bits per heavy atom. The highest BCUT2D eigenvalue weighted by Crippen LogP contribution is 2.58. The van der Waals surface area contributed by atoms with Crippen molar-refractivity contribution >= 4 is 21.4 Å². The van der Waals surface area contributed by atoms with E-state index in [9.17, 15) is 8.42 Å². The van der Waals surface area contributed by atoms with Crippen molar-refractivity contribution < 1.29 is 22.6 Å². The molecule has 0 saturated heterocycles. The van der Waals surface area contributed by atoms with Gasteiger partial charge in [-0.15, -0.1) is 10.2 Å². The molecule has 10 nitrogen and oxygen atoms in total. The van der Waals surface area contributed by atoms with Crippen LogP contribution in [0.15, 0.2) is 30.6 Å². The third-order valence-corrected chi connectivity index (χ3v) is 8.91. The zero-order valence-electron chi connectivity index (χ0n) is 21.1. The topological polar surface area (TPSA) is 118 Å². The van der Waals surface area contributed by atoms with Gasteiger partial charge in [-0.1, -0.05) is 31.5 Å². The molecule has 0 N–H and O–H groups in total. The first-order valence-electron chi connectivity index (χ1n) is 11.4. The molecule has 0 aliphatic heterocycles. The molecular weight excluding hydrogens is 506 g/mol. The third kappa shape index (κ3) is 4.91. The Labute approximate surface area is 215 Å². The minimum absolute atomic E-state index is 0.0243. The fourth-order valence-corrected chi connectivity index (χ4v) is 5.85. The number of hydrogen-bond donors (Lipinski definition) is 0. The maximum absolute atomic E-state index is 13.6. The Balaban J connectivity index is 1.78. The minimum Gasteiger partial charge on any atom is -0.494 e. The summed E-state index contributed by atoms with van der Waals surface area (Å²) in [6, 6.07) is 5.39. The molecule has 0 amide bonds. The van der Waals surface area contributed by atoms with Crippen molar-refractivity contribution in [3.8, 4) is 17.2 Å². The van der Waals surface area contributed by atoms with Crippen LogP contribution in [0.5, 0.6) is 11.5 Å². The summed E-state index contributed by atoms with van der Waals surface area (Å²) in [7, 11) is 0.710. The van der Waals surface area contributed by atoms with Gasteiger partial charge in [-0.3, -0.25) is 4.57 Å². The maximum atomic E-state index is 13.6. The monoisotopic (exact) mass is 535 g/mol. The highest BCUT2D eigenvalue weighted by molar-refractivity contribution is 7.91. The van der Waals surface area contributed by atoms with Crippen molar-refractivity contribution in [1.82, 2.24) is 24.7 Å². The molecule has 1 aliphatic carbocycles. The molecule has 3 atom stereocenters. The summed E-state index contributed by atoms with van der Waals surface area (Å²) in [5.74, 6) is 1.92. The number of hydrogen-bond acceptors (Lipinski definition) is 9. The third-order valence-electron chi connectivity index (χ3n) is 6.68. The molecule has 3 aromatic rings. The Morgan fingerprint density at radius 3 is 2.19 bits per heavy atom. The van der Waals surface area contributed by atoms with E-state index < -0.39 is 21.2 Å². The molecule has 4 rings (SSSR count). The van der Waals surface area contributed by atoms with Gasteiger partial charge in [0.05, 0.1) is 24.5 Å². The number of sulfone groups is 1. The SMILES string of the molecule is COc1cccc(OC)c1-n1c(CS(=O)(=O)[C@@H](C)[C@H](OC)c2ncc(Cl)cn2)nnc1[C@H]1CC1(C)C. The van der Waals surface area contributed by atoms with Gasteiger partial charge in [0.25, 0.3) is 0 Å². The van der Waals surface area contributed by atoms with Crippen LogP contribution >= 0.6 is 11.6 Å². The largest absolute Gasteiger partial charge is 0.494 e. The summed E-state index contributed by atoms with van der Waals surface area (Å²) in [6.07, 6.45) is 2.82. The van der Waals surface area contributed by atoms with Gasteiger partial charge in [-0.05, 0) is 30.9 Å². The maximum Gasteiger partial charge on any atom is 0.163 e. The van der Waals surface area contributed by atoms with E-state index >= 15 is 0 Å². The van der Waals surface area contributed by atoms with Crippen LogP contribution in [0.3, 0.4) is 0 Å². The fraction of sp³-hybridized carbons (Fsp3) is 0.500. The second-order valence-electron chi connectivity index (χ2n) is 9.49. The van der Waals surface area contributed by atoms with Crippen molar-refractivity contribution in [2.45, 2.75) is 50.2 Å². The number of aromatic nitrogens is 5. The van der Waals surface area contributed by atoms with Gasteiger partial charge in [-0.2, -0.15) is 0 Å². The molecule has 2 heterocycles. The zero-order valence-corrected chi connectivity index (χ0v) is 22.7. The molecule has 1 aromatic carbocycles. The van der Waals surface area contributed by atoms with E-state index in [4.69, 9.17) is 25.8 Å². The van der Waals surface area contributed by atoms with E-state index in [2.05, 4.69) is 34.0 Å². The first-order valence-corrected chi connectivity index (χ1v) is 13.5. The minimum atomic E-state index is -3.82. The van der Waals surface area contributed by atoms with Crippen LogP contribution in [0.2, 0.25) is 5.02 Å². The number of para-hydroxylation sites is 1. The first kappa shape index (κ1) is 26.3. The molecule has 1 fully saturated rings. The summed E-state index contributed by atoms with van der Waals surface area (Å²) in [5.41, 5.74) is 0.587. The lowest BCUT2D eigenvalue weighted by Gasteiger charge is -2.22. The standard InChI is InChI=1S/C24H30ClN5O5S/c1-14(21(35-6)22-26-11-15(25)12-27-22)36(31,32)13-19-28-29-23(16-10-24(16,2)3)30(19)20-17(33-4)8-7-9-18(20)34-5/h7-9,11-12,14,16,21H,10,13H2,1-6H3/t14-,16+,21-/m0/s1. The predicted octanol–water partition coefficient (Wildman–Crippen LogP) is 3.93. The number of nitrogens with zero attached hydrogens (tertiary/aromatic N) is 5. The Kier molecular flexibility index (Phi) is 7.27. The molecular formula is C24H30ClN5O5S. The predicted molar refractivity (Wildman–Crippen MR) is 134 cm³/mol. The van der Waals surface area contributed by atoms with Crippen molar-refractivity contribution in [3.63, 3.8) is 0 Å². The highest BCUT2D eigenvalue weighted by Gasteiger charge is 2.50. The van der Waals surface area contributed by atoms with Crippen molar-refractivity contribution in [1.29, 1.82) is 0 Å². The van der Waals surface area contributed by atoms with Gasteiger partial charge in [0.2, 0.25) is 0 Å². The van der Waals surface area contributed by atoms with E-state index in [1.807, 2.05) is 0 Å². The van der Waals surface area contributed by atoms with E-state index in [0.29, 0.717) is 28.0 Å². The molecule has 0 spiro atoms. The molecule has 0 unspecified atom stereocenters. The zero-order chi connectivity index (χ0) is 26.3. The van der Waals surface area contributed by atoms with Crippen molar-refractivity contribution in [3.05, 3.63) is 53.1 Å². The van der Waals surface area contributed by atoms with Crippen LogP contribution in [0.25, 0.3) is 5.69 Å². The average molecular weight is 536 g/mol. The van der Waals surface area contributed by atoms with E-state index in [0.717, 1.165) is 6.42 Å². The quantitative estimate of drug-likeness (QED) is 0.380. The summed E-state index contributed by atoms with van der Waals surface area (Å²) in [4.78, 5) is 8.31. The van der Waals surface area contributed by atoms with Gasteiger partial charge in [0.15, 0.2) is 21.5 Å². The van der Waals surface area contributed by atoms with Gasteiger partial charge in [0.1, 0.15) is 34.9 Å². The van der Waals surface area contributed by atoms with E-state index in [1.165, 1.54) is 19.5 Å². The Morgan fingerprint density at radius 2 is 1.69 bits per heavy atom. The number of benzene rings is 1. The molecule has 1 saturated carbocycles. The molecule has 1 aliphatic rings. The molecule has 0 radical (unpaired) electrons. The van der Waals surface area contributed by atoms with Gasteiger partial charge in [0, 0.05) is 25.4 Å². The van der Waals surface area contributed by atoms with E-state index in [-0.39, 0.29) is 28.7 Å². The summed E-state index contributed by atoms with van der Waals surface area (Å²) in [6.45, 7) is 5.85. The van der Waals surface area contributed by atoms with Crippen LogP contribution < -0.4 is 9.47 Å². The average Bonchev–Trinajstić information content (AvgIpc) is 3.30. The number of rotatable bonds is 10. The van der Waals surface area contributed by atoms with Gasteiger partial charge in [-0.25, -0.2) is 18.4 Å². The Hall–Kier alpha value is -2.76. The summed E-state index contributed by atoms with van der Waals surface area (Å²) < 4.78 is 45.8. The van der Waals surface area contributed by atoms with Crippen molar-refractivity contribution in [2.75, 3.05) is 21.3 Å². The lowest BCUT2D eigenvalue weighted by Crippen LogP contribution is -2.30. The van der Waals surface area contributed by atoms with Gasteiger partial charge >= 0.3 is 0 Å².